The van der Waals surface area contributed by atoms with Gasteiger partial charge < -0.3 is 9.64 Å². The molecule has 0 heterocycles. The minimum atomic E-state index is 0.278. The van der Waals surface area contributed by atoms with Gasteiger partial charge in [0.05, 0.1) is 0 Å². The number of carbonyl (C=O) groups excluding carboxylic acids is 1. The quantitative estimate of drug-likeness (QED) is 0.684. The Kier molecular flexibility index (Phi) is 5.24. The lowest BCUT2D eigenvalue weighted by Gasteiger charge is -2.35. The van der Waals surface area contributed by atoms with Crippen LogP contribution in [0.3, 0.4) is 0 Å². The van der Waals surface area contributed by atoms with Crippen molar-refractivity contribution in [3.05, 3.63) is 60.2 Å². The van der Waals surface area contributed by atoms with Crippen LogP contribution in [0.5, 0.6) is 11.5 Å². The second-order valence-corrected chi connectivity index (χ2v) is 7.59. The minimum absolute atomic E-state index is 0.278. The van der Waals surface area contributed by atoms with Gasteiger partial charge >= 0.3 is 0 Å². The molecule has 0 N–H and O–H groups in total. The average molecular weight is 349 g/mol. The zero-order valence-electron chi connectivity index (χ0n) is 15.3. The molecule has 136 valence electrons. The van der Waals surface area contributed by atoms with E-state index in [9.17, 15) is 4.79 Å². The van der Waals surface area contributed by atoms with Crippen molar-refractivity contribution in [2.45, 2.75) is 57.5 Å². The first-order valence-corrected chi connectivity index (χ1v) is 9.92. The Balaban J connectivity index is 1.49. The van der Waals surface area contributed by atoms with Crippen LogP contribution in [0.1, 0.15) is 50.5 Å². The topological polar surface area (TPSA) is 29.5 Å². The van der Waals surface area contributed by atoms with E-state index in [-0.39, 0.29) is 5.92 Å². The first-order valence-electron chi connectivity index (χ1n) is 9.92. The highest BCUT2D eigenvalue weighted by atomic mass is 16.5. The normalized spacial score (nSPS) is 17.7. The van der Waals surface area contributed by atoms with Gasteiger partial charge in [0.25, 0.3) is 0 Å². The Morgan fingerprint density at radius 2 is 1.62 bits per heavy atom. The summed E-state index contributed by atoms with van der Waals surface area (Å²) in [6, 6.07) is 18.4. The molecule has 3 heteroatoms. The number of nitrogens with zero attached hydrogens (tertiary/aromatic N) is 1. The molecular formula is C23H27NO2. The number of amides is 1. The zero-order chi connectivity index (χ0) is 17.8. The first kappa shape index (κ1) is 17.1. The van der Waals surface area contributed by atoms with Gasteiger partial charge in [0.15, 0.2) is 0 Å². The highest BCUT2D eigenvalue weighted by molar-refractivity contribution is 5.81. The number of para-hydroxylation sites is 1. The third-order valence-electron chi connectivity index (χ3n) is 5.46. The van der Waals surface area contributed by atoms with Crippen molar-refractivity contribution < 1.29 is 9.53 Å². The van der Waals surface area contributed by atoms with Gasteiger partial charge in [-0.2, -0.15) is 0 Å². The number of hydrogen-bond acceptors (Lipinski definition) is 2. The van der Waals surface area contributed by atoms with E-state index in [1.165, 1.54) is 19.3 Å². The van der Waals surface area contributed by atoms with Crippen molar-refractivity contribution in [2.75, 3.05) is 0 Å². The van der Waals surface area contributed by atoms with Crippen LogP contribution in [-0.2, 0) is 11.3 Å². The molecule has 0 aliphatic heterocycles. The third kappa shape index (κ3) is 4.27. The van der Waals surface area contributed by atoms with Crippen molar-refractivity contribution in [2.24, 2.45) is 5.92 Å². The van der Waals surface area contributed by atoms with Gasteiger partial charge in [-0.25, -0.2) is 0 Å². The standard InChI is InChI=1S/C23H27NO2/c25-23(19-14-15-19)24(20-9-3-1-4-10-20)17-18-8-7-13-22(16-18)26-21-11-5-2-6-12-21/h2,5-8,11-13,16,19-20H,1,3-4,9-10,14-15,17H2. The molecule has 2 aliphatic rings. The lowest BCUT2D eigenvalue weighted by atomic mass is 9.93. The van der Waals surface area contributed by atoms with Crippen molar-refractivity contribution in [3.63, 3.8) is 0 Å². The van der Waals surface area contributed by atoms with Crippen LogP contribution in [0.4, 0.5) is 0 Å². The van der Waals surface area contributed by atoms with Gasteiger partial charge in [-0.15, -0.1) is 0 Å². The summed E-state index contributed by atoms with van der Waals surface area (Å²) in [5, 5.41) is 0. The molecule has 0 atom stereocenters. The summed E-state index contributed by atoms with van der Waals surface area (Å²) in [5.41, 5.74) is 1.15. The monoisotopic (exact) mass is 349 g/mol. The summed E-state index contributed by atoms with van der Waals surface area (Å²) in [4.78, 5) is 15.0. The molecule has 0 saturated heterocycles. The third-order valence-corrected chi connectivity index (χ3v) is 5.46. The Morgan fingerprint density at radius 3 is 2.35 bits per heavy atom. The van der Waals surface area contributed by atoms with Gasteiger partial charge in [0.2, 0.25) is 5.91 Å². The molecule has 26 heavy (non-hydrogen) atoms. The molecule has 0 spiro atoms. The van der Waals surface area contributed by atoms with E-state index in [1.807, 2.05) is 42.5 Å². The lowest BCUT2D eigenvalue weighted by molar-refractivity contribution is -0.136. The predicted molar refractivity (Wildman–Crippen MR) is 103 cm³/mol. The van der Waals surface area contributed by atoms with E-state index < -0.39 is 0 Å². The average Bonchev–Trinajstić information content (AvgIpc) is 3.53. The van der Waals surface area contributed by atoms with Crippen molar-refractivity contribution in [1.82, 2.24) is 4.90 Å². The van der Waals surface area contributed by atoms with E-state index in [2.05, 4.69) is 17.0 Å². The summed E-state index contributed by atoms with van der Waals surface area (Å²) < 4.78 is 5.96. The largest absolute Gasteiger partial charge is 0.457 e. The molecule has 4 rings (SSSR count). The molecule has 2 aromatic rings. The smallest absolute Gasteiger partial charge is 0.226 e. The molecule has 0 bridgehead atoms. The Labute approximate surface area is 156 Å². The Morgan fingerprint density at radius 1 is 0.885 bits per heavy atom. The fourth-order valence-corrected chi connectivity index (χ4v) is 3.87. The fraction of sp³-hybridized carbons (Fsp3) is 0.435. The molecule has 0 radical (unpaired) electrons. The van der Waals surface area contributed by atoms with Crippen molar-refractivity contribution in [3.8, 4) is 11.5 Å². The van der Waals surface area contributed by atoms with Crippen molar-refractivity contribution in [1.29, 1.82) is 0 Å². The van der Waals surface area contributed by atoms with Crippen LogP contribution >= 0.6 is 0 Å². The molecule has 0 aromatic heterocycles. The second-order valence-electron chi connectivity index (χ2n) is 7.59. The molecule has 2 saturated carbocycles. The number of hydrogen-bond donors (Lipinski definition) is 0. The number of ether oxygens (including phenoxy) is 1. The van der Waals surface area contributed by atoms with Crippen LogP contribution in [0, 0.1) is 5.92 Å². The van der Waals surface area contributed by atoms with Crippen molar-refractivity contribution >= 4 is 5.91 Å². The molecule has 0 unspecified atom stereocenters. The summed E-state index contributed by atoms with van der Waals surface area (Å²) in [6.45, 7) is 0.700. The van der Waals surface area contributed by atoms with Gasteiger partial charge in [-0.3, -0.25) is 4.79 Å². The first-order chi connectivity index (χ1) is 12.8. The molecular weight excluding hydrogens is 322 g/mol. The van der Waals surface area contributed by atoms with Crippen LogP contribution in [0.25, 0.3) is 0 Å². The van der Waals surface area contributed by atoms with Crippen LogP contribution < -0.4 is 4.74 Å². The van der Waals surface area contributed by atoms with E-state index in [0.29, 0.717) is 18.5 Å². The van der Waals surface area contributed by atoms with Gasteiger partial charge in [-0.05, 0) is 55.5 Å². The van der Waals surface area contributed by atoms with Gasteiger partial charge in [-0.1, -0.05) is 49.6 Å². The molecule has 2 aliphatic carbocycles. The van der Waals surface area contributed by atoms with Crippen LogP contribution in [-0.4, -0.2) is 16.8 Å². The van der Waals surface area contributed by atoms with Crippen LogP contribution in [0.15, 0.2) is 54.6 Å². The maximum atomic E-state index is 12.9. The van der Waals surface area contributed by atoms with E-state index >= 15 is 0 Å². The second kappa shape index (κ2) is 7.94. The molecule has 2 aromatic carbocycles. The summed E-state index contributed by atoms with van der Waals surface area (Å²) in [6.07, 6.45) is 8.24. The number of rotatable bonds is 6. The molecule has 3 nitrogen and oxygen atoms in total. The minimum Gasteiger partial charge on any atom is -0.457 e. The number of carbonyl (C=O) groups is 1. The summed E-state index contributed by atoms with van der Waals surface area (Å²) in [7, 11) is 0. The Bertz CT molecular complexity index is 733. The summed E-state index contributed by atoms with van der Waals surface area (Å²) >= 11 is 0. The Hall–Kier alpha value is -2.29. The summed E-state index contributed by atoms with van der Waals surface area (Å²) in [5.74, 6) is 2.31. The fourth-order valence-electron chi connectivity index (χ4n) is 3.87. The van der Waals surface area contributed by atoms with E-state index in [0.717, 1.165) is 42.7 Å². The van der Waals surface area contributed by atoms with E-state index in [4.69, 9.17) is 4.74 Å². The maximum Gasteiger partial charge on any atom is 0.226 e. The highest BCUT2D eigenvalue weighted by Gasteiger charge is 2.36. The number of benzene rings is 2. The molecule has 1 amide bonds. The SMILES string of the molecule is O=C(C1CC1)N(Cc1cccc(Oc2ccccc2)c1)C1CCCCC1. The van der Waals surface area contributed by atoms with Gasteiger partial charge in [0, 0.05) is 18.5 Å². The zero-order valence-corrected chi connectivity index (χ0v) is 15.3. The predicted octanol–water partition coefficient (Wildman–Crippen LogP) is 5.55. The lowest BCUT2D eigenvalue weighted by Crippen LogP contribution is -2.41. The maximum absolute atomic E-state index is 12.9. The van der Waals surface area contributed by atoms with E-state index in [1.54, 1.807) is 0 Å². The van der Waals surface area contributed by atoms with Gasteiger partial charge in [0.1, 0.15) is 11.5 Å². The highest BCUT2D eigenvalue weighted by Crippen LogP contribution is 2.35. The molecule has 2 fully saturated rings. The van der Waals surface area contributed by atoms with Crippen LogP contribution in [0.2, 0.25) is 0 Å².